The summed E-state index contributed by atoms with van der Waals surface area (Å²) in [7, 11) is 0. The lowest BCUT2D eigenvalue weighted by molar-refractivity contribution is -0.237. The fourth-order valence-electron chi connectivity index (χ4n) is 9.27. The number of aliphatic hydroxyl groups excluding tert-OH is 1. The highest BCUT2D eigenvalue weighted by atomic mass is 35.5. The van der Waals surface area contributed by atoms with Gasteiger partial charge < -0.3 is 20.1 Å². The van der Waals surface area contributed by atoms with Crippen LogP contribution in [0.1, 0.15) is 75.1 Å². The molecular formula is C30H37ClN2O6. The minimum absolute atomic E-state index is 0.0722. The summed E-state index contributed by atoms with van der Waals surface area (Å²) in [5.41, 5.74) is 0.526. The van der Waals surface area contributed by atoms with Crippen LogP contribution in [0.3, 0.4) is 0 Å². The molecule has 4 saturated carbocycles. The van der Waals surface area contributed by atoms with E-state index in [0.717, 1.165) is 24.8 Å². The quantitative estimate of drug-likeness (QED) is 0.254. The van der Waals surface area contributed by atoms with Crippen molar-refractivity contribution in [2.75, 3.05) is 6.61 Å². The number of ether oxygens (including phenoxy) is 1. The Morgan fingerprint density at radius 3 is 2.62 bits per heavy atom. The number of nitrogens with zero attached hydrogens (tertiary/aromatic N) is 1. The Bertz CT molecular complexity index is 1250. The molecule has 1 aromatic rings. The van der Waals surface area contributed by atoms with Crippen LogP contribution in [-0.2, 0) is 9.53 Å². The Morgan fingerprint density at radius 2 is 1.87 bits per heavy atom. The number of aliphatic hydroxyl groups is 3. The van der Waals surface area contributed by atoms with E-state index in [0.29, 0.717) is 49.3 Å². The topological polar surface area (TPSA) is 128 Å². The molecule has 4 aliphatic carbocycles. The van der Waals surface area contributed by atoms with Gasteiger partial charge in [-0.3, -0.25) is 4.79 Å². The highest BCUT2D eigenvalue weighted by Gasteiger charge is 2.71. The summed E-state index contributed by atoms with van der Waals surface area (Å²) in [6.45, 7) is 2.45. The number of hydrogen-bond acceptors (Lipinski definition) is 7. The molecule has 6 rings (SSSR count). The van der Waals surface area contributed by atoms with E-state index < -0.39 is 34.0 Å². The number of nitrogens with one attached hydrogen (secondary N) is 1. The number of amides is 1. The minimum Gasteiger partial charge on any atom is -0.458 e. The van der Waals surface area contributed by atoms with Gasteiger partial charge >= 0.3 is 5.97 Å². The largest absolute Gasteiger partial charge is 0.458 e. The van der Waals surface area contributed by atoms with Gasteiger partial charge in [-0.05, 0) is 86.8 Å². The van der Waals surface area contributed by atoms with Gasteiger partial charge in [-0.1, -0.05) is 30.7 Å². The molecule has 0 aromatic heterocycles. The van der Waals surface area contributed by atoms with Gasteiger partial charge in [-0.2, -0.15) is 5.10 Å². The summed E-state index contributed by atoms with van der Waals surface area (Å²) < 4.78 is 5.23. The molecule has 0 bridgehead atoms. The fourth-order valence-corrected chi connectivity index (χ4v) is 9.49. The number of fused-ring (bicyclic) bond motifs is 5. The van der Waals surface area contributed by atoms with Crippen LogP contribution in [0.25, 0.3) is 0 Å². The van der Waals surface area contributed by atoms with Crippen molar-refractivity contribution in [2.45, 2.75) is 82.0 Å². The zero-order valence-corrected chi connectivity index (χ0v) is 23.0. The van der Waals surface area contributed by atoms with Crippen LogP contribution in [0, 0.1) is 28.6 Å². The predicted molar refractivity (Wildman–Crippen MR) is 145 cm³/mol. The van der Waals surface area contributed by atoms with Crippen LogP contribution in [0.15, 0.2) is 41.0 Å². The number of esters is 1. The number of hydrogen-bond donors (Lipinski definition) is 4. The maximum atomic E-state index is 12.8. The van der Waals surface area contributed by atoms with Crippen LogP contribution < -0.4 is 5.43 Å². The number of rotatable bonds is 4. The molecule has 1 heterocycles. The van der Waals surface area contributed by atoms with Gasteiger partial charge in [0.1, 0.15) is 6.61 Å². The Balaban J connectivity index is 1.33. The van der Waals surface area contributed by atoms with Crippen LogP contribution in [-0.4, -0.2) is 57.3 Å². The van der Waals surface area contributed by atoms with Crippen LogP contribution in [0.5, 0.6) is 0 Å². The molecule has 1 amide bonds. The zero-order chi connectivity index (χ0) is 27.6. The first-order valence-corrected chi connectivity index (χ1v) is 14.5. The Kier molecular flexibility index (Phi) is 6.49. The van der Waals surface area contributed by atoms with Gasteiger partial charge in [-0.15, -0.1) is 0 Å². The van der Waals surface area contributed by atoms with Gasteiger partial charge in [0.05, 0.1) is 27.9 Å². The van der Waals surface area contributed by atoms with E-state index in [-0.39, 0.29) is 30.1 Å². The fraction of sp³-hybridized carbons (Fsp3) is 0.633. The molecular weight excluding hydrogens is 520 g/mol. The Morgan fingerprint density at radius 1 is 1.10 bits per heavy atom. The lowest BCUT2D eigenvalue weighted by Gasteiger charge is -2.65. The molecule has 210 valence electrons. The molecule has 4 fully saturated rings. The SMILES string of the molecule is C[C@]12CC[C@H]3[C@@H](CC[C@@]4(O)C[C@H](O)CC[C@]34/C=N\NC(=O)c3ccccc3Cl)[C@]1(O)CC[C@@H]2C1=CC(=O)OC1. The molecule has 0 spiro atoms. The summed E-state index contributed by atoms with van der Waals surface area (Å²) in [5, 5.41) is 39.8. The normalized spacial score (nSPS) is 43.3. The summed E-state index contributed by atoms with van der Waals surface area (Å²) in [6, 6.07) is 6.75. The first kappa shape index (κ1) is 26.9. The molecule has 0 unspecified atom stereocenters. The number of carbonyl (C=O) groups is 2. The molecule has 9 heteroatoms. The van der Waals surface area contributed by atoms with E-state index in [1.54, 1.807) is 36.6 Å². The second kappa shape index (κ2) is 9.40. The maximum absolute atomic E-state index is 12.8. The van der Waals surface area contributed by atoms with Crippen molar-refractivity contribution >= 4 is 29.7 Å². The number of hydrazone groups is 1. The number of cyclic esters (lactones) is 1. The van der Waals surface area contributed by atoms with Crippen molar-refractivity contribution in [1.29, 1.82) is 0 Å². The highest BCUT2D eigenvalue weighted by molar-refractivity contribution is 6.33. The Hall–Kier alpha value is -2.26. The first-order valence-electron chi connectivity index (χ1n) is 14.1. The highest BCUT2D eigenvalue weighted by Crippen LogP contribution is 2.70. The number of carbonyl (C=O) groups excluding carboxylic acids is 2. The second-order valence-corrected chi connectivity index (χ2v) is 13.1. The third-order valence-electron chi connectivity index (χ3n) is 11.2. The molecule has 8 atom stereocenters. The van der Waals surface area contributed by atoms with Gasteiger partial charge in [0.2, 0.25) is 0 Å². The standard InChI is InChI=1S/C30H37ClN2O6/c1-27-10-7-22-23(30(27,38)13-9-21(27)18-14-25(35)39-16-18)8-12-29(37)15-19(34)6-11-28(22,29)17-32-33-26(36)20-4-2-3-5-24(20)31/h2-5,14,17,19,21-23,34,37-38H,6-13,15-16H2,1H3,(H,33,36)/b32-17-/t19-,21-,22+,23-,27-,28+,29-,30-/m1/s1. The Labute approximate surface area is 233 Å². The van der Waals surface area contributed by atoms with E-state index in [2.05, 4.69) is 17.5 Å². The van der Waals surface area contributed by atoms with Crippen molar-refractivity contribution in [1.82, 2.24) is 5.43 Å². The van der Waals surface area contributed by atoms with E-state index in [9.17, 15) is 24.9 Å². The predicted octanol–water partition coefficient (Wildman–Crippen LogP) is 3.77. The number of benzene rings is 1. The monoisotopic (exact) mass is 556 g/mol. The van der Waals surface area contributed by atoms with E-state index in [1.807, 2.05) is 0 Å². The van der Waals surface area contributed by atoms with Crippen molar-refractivity contribution in [3.05, 3.63) is 46.5 Å². The molecule has 4 N–H and O–H groups in total. The molecule has 1 aromatic carbocycles. The maximum Gasteiger partial charge on any atom is 0.331 e. The lowest BCUT2D eigenvalue weighted by atomic mass is 9.41. The van der Waals surface area contributed by atoms with Gasteiger partial charge in [0.15, 0.2) is 0 Å². The lowest BCUT2D eigenvalue weighted by Crippen LogP contribution is -2.68. The summed E-state index contributed by atoms with van der Waals surface area (Å²) in [6.07, 6.45) is 7.96. The first-order chi connectivity index (χ1) is 18.5. The number of halogens is 1. The molecule has 5 aliphatic rings. The van der Waals surface area contributed by atoms with Gasteiger partial charge in [0.25, 0.3) is 5.91 Å². The van der Waals surface area contributed by atoms with E-state index in [1.165, 1.54) is 0 Å². The molecule has 39 heavy (non-hydrogen) atoms. The molecule has 8 nitrogen and oxygen atoms in total. The van der Waals surface area contributed by atoms with Crippen molar-refractivity contribution in [2.24, 2.45) is 33.7 Å². The van der Waals surface area contributed by atoms with Crippen molar-refractivity contribution in [3.8, 4) is 0 Å². The molecule has 0 radical (unpaired) electrons. The van der Waals surface area contributed by atoms with Gasteiger partial charge in [0, 0.05) is 29.5 Å². The third kappa shape index (κ3) is 3.93. The average molecular weight is 557 g/mol. The van der Waals surface area contributed by atoms with E-state index >= 15 is 0 Å². The van der Waals surface area contributed by atoms with Crippen LogP contribution >= 0.6 is 11.6 Å². The average Bonchev–Trinajstić information content (AvgIpc) is 3.44. The van der Waals surface area contributed by atoms with Crippen LogP contribution in [0.2, 0.25) is 5.02 Å². The second-order valence-electron chi connectivity index (χ2n) is 12.7. The zero-order valence-electron chi connectivity index (χ0n) is 22.2. The van der Waals surface area contributed by atoms with Crippen molar-refractivity contribution < 1.29 is 29.6 Å². The molecule has 0 saturated heterocycles. The summed E-state index contributed by atoms with van der Waals surface area (Å²) in [4.78, 5) is 24.7. The third-order valence-corrected chi connectivity index (χ3v) is 11.5. The van der Waals surface area contributed by atoms with E-state index in [4.69, 9.17) is 16.3 Å². The van der Waals surface area contributed by atoms with Gasteiger partial charge in [-0.25, -0.2) is 10.2 Å². The smallest absolute Gasteiger partial charge is 0.331 e. The summed E-state index contributed by atoms with van der Waals surface area (Å²) >= 11 is 6.19. The summed E-state index contributed by atoms with van der Waals surface area (Å²) in [5.74, 6) is -0.827. The van der Waals surface area contributed by atoms with Crippen LogP contribution in [0.4, 0.5) is 0 Å². The van der Waals surface area contributed by atoms with Crippen molar-refractivity contribution in [3.63, 3.8) is 0 Å². The molecule has 1 aliphatic heterocycles. The minimum atomic E-state index is -1.19.